The Balaban J connectivity index is 2.36. The number of nitrogens with zero attached hydrogens (tertiary/aromatic N) is 1. The van der Waals surface area contributed by atoms with Crippen LogP contribution >= 0.6 is 15.9 Å². The maximum Gasteiger partial charge on any atom is 0.329 e. The number of rotatable bonds is 3. The number of hydrogen-bond donors (Lipinski definition) is 1. The molecule has 108 valence electrons. The number of benzene rings is 1. The SMILES string of the molecule is CCC1(C(=O)O)CCCN1C(=O)c1ccc(Br)c(F)c1. The van der Waals surface area contributed by atoms with Crippen LogP contribution in [-0.4, -0.2) is 34.0 Å². The van der Waals surface area contributed by atoms with Gasteiger partial charge in [-0.15, -0.1) is 0 Å². The molecule has 0 aromatic heterocycles. The average molecular weight is 344 g/mol. The Kier molecular flexibility index (Phi) is 4.13. The molecule has 1 fully saturated rings. The zero-order chi connectivity index (χ0) is 14.9. The highest BCUT2D eigenvalue weighted by atomic mass is 79.9. The number of hydrogen-bond acceptors (Lipinski definition) is 2. The van der Waals surface area contributed by atoms with Crippen molar-refractivity contribution in [3.8, 4) is 0 Å². The number of carbonyl (C=O) groups excluding carboxylic acids is 1. The third-order valence-corrected chi connectivity index (χ3v) is 4.53. The van der Waals surface area contributed by atoms with Gasteiger partial charge in [-0.3, -0.25) is 4.79 Å². The molecule has 1 N–H and O–H groups in total. The lowest BCUT2D eigenvalue weighted by Crippen LogP contribution is -2.52. The Hall–Kier alpha value is -1.43. The number of carboxylic acids is 1. The van der Waals surface area contributed by atoms with Gasteiger partial charge in [-0.1, -0.05) is 6.92 Å². The minimum absolute atomic E-state index is 0.173. The molecule has 0 spiro atoms. The fourth-order valence-electron chi connectivity index (χ4n) is 2.70. The van der Waals surface area contributed by atoms with Gasteiger partial charge >= 0.3 is 5.97 Å². The van der Waals surface area contributed by atoms with E-state index in [4.69, 9.17) is 0 Å². The number of carbonyl (C=O) groups is 2. The predicted octanol–water partition coefficient (Wildman–Crippen LogP) is 3.06. The standard InChI is InChI=1S/C14H15BrFNO3/c1-2-14(13(19)20)6-3-7-17(14)12(18)9-4-5-10(15)11(16)8-9/h4-5,8H,2-3,6-7H2,1H3,(H,19,20). The van der Waals surface area contributed by atoms with Crippen LogP contribution in [0.5, 0.6) is 0 Å². The van der Waals surface area contributed by atoms with Crippen molar-refractivity contribution in [1.29, 1.82) is 0 Å². The number of likely N-dealkylation sites (tertiary alicyclic amines) is 1. The molecule has 0 radical (unpaired) electrons. The van der Waals surface area contributed by atoms with Crippen molar-refractivity contribution in [3.63, 3.8) is 0 Å². The van der Waals surface area contributed by atoms with Gasteiger partial charge in [0.15, 0.2) is 0 Å². The first-order valence-electron chi connectivity index (χ1n) is 6.43. The molecule has 1 aliphatic heterocycles. The zero-order valence-corrected chi connectivity index (χ0v) is 12.6. The van der Waals surface area contributed by atoms with E-state index in [0.717, 1.165) is 6.07 Å². The molecule has 1 unspecified atom stereocenters. The summed E-state index contributed by atoms with van der Waals surface area (Å²) in [5.74, 6) is -1.96. The van der Waals surface area contributed by atoms with Gasteiger partial charge in [-0.05, 0) is 53.4 Å². The van der Waals surface area contributed by atoms with E-state index in [2.05, 4.69) is 15.9 Å². The van der Waals surface area contributed by atoms with Gasteiger partial charge in [0.05, 0.1) is 4.47 Å². The molecule has 0 bridgehead atoms. The molecule has 1 amide bonds. The number of halogens is 2. The summed E-state index contributed by atoms with van der Waals surface area (Å²) in [5.41, 5.74) is -0.993. The van der Waals surface area contributed by atoms with E-state index < -0.39 is 23.2 Å². The summed E-state index contributed by atoms with van der Waals surface area (Å²) in [5, 5.41) is 9.45. The largest absolute Gasteiger partial charge is 0.479 e. The molecule has 2 rings (SSSR count). The lowest BCUT2D eigenvalue weighted by atomic mass is 9.92. The molecule has 0 aliphatic carbocycles. The maximum atomic E-state index is 13.5. The summed E-state index contributed by atoms with van der Waals surface area (Å²) in [4.78, 5) is 25.4. The smallest absolute Gasteiger partial charge is 0.329 e. The Labute approximate surface area is 124 Å². The van der Waals surface area contributed by atoms with Crippen LogP contribution in [-0.2, 0) is 4.79 Å². The van der Waals surface area contributed by atoms with E-state index in [-0.39, 0.29) is 10.0 Å². The summed E-state index contributed by atoms with van der Waals surface area (Å²) in [6, 6.07) is 4.08. The minimum Gasteiger partial charge on any atom is -0.479 e. The van der Waals surface area contributed by atoms with E-state index in [1.165, 1.54) is 17.0 Å². The summed E-state index contributed by atoms with van der Waals surface area (Å²) >= 11 is 3.03. The molecule has 1 aromatic carbocycles. The first-order chi connectivity index (χ1) is 9.42. The second-order valence-electron chi connectivity index (χ2n) is 4.88. The molecule has 1 saturated heterocycles. The highest BCUT2D eigenvalue weighted by Crippen LogP contribution is 2.34. The molecular weight excluding hydrogens is 329 g/mol. The molecule has 1 heterocycles. The Morgan fingerprint density at radius 1 is 1.50 bits per heavy atom. The average Bonchev–Trinajstić information content (AvgIpc) is 2.86. The first-order valence-corrected chi connectivity index (χ1v) is 7.22. The number of aliphatic carboxylic acids is 1. The van der Waals surface area contributed by atoms with Gasteiger partial charge < -0.3 is 10.0 Å². The van der Waals surface area contributed by atoms with Crippen LogP contribution < -0.4 is 0 Å². The molecule has 1 atom stereocenters. The van der Waals surface area contributed by atoms with Crippen molar-refractivity contribution in [3.05, 3.63) is 34.1 Å². The van der Waals surface area contributed by atoms with Crippen molar-refractivity contribution in [1.82, 2.24) is 4.90 Å². The van der Waals surface area contributed by atoms with Gasteiger partial charge in [-0.25, -0.2) is 9.18 Å². The monoisotopic (exact) mass is 343 g/mol. The van der Waals surface area contributed by atoms with E-state index in [0.29, 0.717) is 25.8 Å². The Bertz CT molecular complexity index is 563. The van der Waals surface area contributed by atoms with Crippen LogP contribution in [0.3, 0.4) is 0 Å². The van der Waals surface area contributed by atoms with Crippen molar-refractivity contribution in [2.45, 2.75) is 31.7 Å². The quantitative estimate of drug-likeness (QED) is 0.917. The summed E-state index contributed by atoms with van der Waals surface area (Å²) in [6.07, 6.45) is 1.42. The third kappa shape index (κ3) is 2.32. The van der Waals surface area contributed by atoms with Gasteiger partial charge in [0.2, 0.25) is 0 Å². The Morgan fingerprint density at radius 2 is 2.20 bits per heavy atom. The first kappa shape index (κ1) is 15.0. The van der Waals surface area contributed by atoms with Crippen LogP contribution in [0.4, 0.5) is 4.39 Å². The summed E-state index contributed by atoms with van der Waals surface area (Å²) in [7, 11) is 0. The van der Waals surface area contributed by atoms with Crippen molar-refractivity contribution < 1.29 is 19.1 Å². The van der Waals surface area contributed by atoms with E-state index in [1.54, 1.807) is 6.92 Å². The second-order valence-corrected chi connectivity index (χ2v) is 5.73. The number of carboxylic acid groups (broad SMARTS) is 1. The van der Waals surface area contributed by atoms with Crippen LogP contribution in [0.1, 0.15) is 36.5 Å². The minimum atomic E-state index is -1.17. The highest BCUT2D eigenvalue weighted by Gasteiger charge is 2.48. The van der Waals surface area contributed by atoms with Crippen molar-refractivity contribution in [2.24, 2.45) is 0 Å². The lowest BCUT2D eigenvalue weighted by Gasteiger charge is -2.34. The van der Waals surface area contributed by atoms with Crippen molar-refractivity contribution >= 4 is 27.8 Å². The van der Waals surface area contributed by atoms with Crippen LogP contribution in [0.15, 0.2) is 22.7 Å². The number of amides is 1. The molecule has 1 aromatic rings. The highest BCUT2D eigenvalue weighted by molar-refractivity contribution is 9.10. The van der Waals surface area contributed by atoms with Crippen molar-refractivity contribution in [2.75, 3.05) is 6.54 Å². The van der Waals surface area contributed by atoms with E-state index in [9.17, 15) is 19.1 Å². The molecule has 1 aliphatic rings. The fourth-order valence-corrected chi connectivity index (χ4v) is 2.95. The second kappa shape index (κ2) is 5.52. The molecule has 4 nitrogen and oxygen atoms in total. The van der Waals surface area contributed by atoms with Gasteiger partial charge in [0, 0.05) is 12.1 Å². The fraction of sp³-hybridized carbons (Fsp3) is 0.429. The van der Waals surface area contributed by atoms with Crippen LogP contribution in [0, 0.1) is 5.82 Å². The zero-order valence-electron chi connectivity index (χ0n) is 11.0. The lowest BCUT2D eigenvalue weighted by molar-refractivity contribution is -0.148. The van der Waals surface area contributed by atoms with E-state index >= 15 is 0 Å². The van der Waals surface area contributed by atoms with Gasteiger partial charge in [0.25, 0.3) is 5.91 Å². The summed E-state index contributed by atoms with van der Waals surface area (Å²) < 4.78 is 13.8. The summed E-state index contributed by atoms with van der Waals surface area (Å²) in [6.45, 7) is 2.14. The van der Waals surface area contributed by atoms with E-state index in [1.807, 2.05) is 0 Å². The maximum absolute atomic E-state index is 13.5. The normalized spacial score (nSPS) is 22.1. The predicted molar refractivity (Wildman–Crippen MR) is 75.0 cm³/mol. The molecular formula is C14H15BrFNO3. The van der Waals surface area contributed by atoms with Crippen LogP contribution in [0.25, 0.3) is 0 Å². The van der Waals surface area contributed by atoms with Crippen LogP contribution in [0.2, 0.25) is 0 Å². The molecule has 6 heteroatoms. The Morgan fingerprint density at radius 3 is 2.75 bits per heavy atom. The molecule has 20 heavy (non-hydrogen) atoms. The van der Waals surface area contributed by atoms with Gasteiger partial charge in [-0.2, -0.15) is 0 Å². The molecule has 0 saturated carbocycles. The van der Waals surface area contributed by atoms with Gasteiger partial charge in [0.1, 0.15) is 11.4 Å². The topological polar surface area (TPSA) is 57.6 Å². The third-order valence-electron chi connectivity index (χ3n) is 3.88.